The van der Waals surface area contributed by atoms with E-state index in [2.05, 4.69) is 34.1 Å². The second-order valence-corrected chi connectivity index (χ2v) is 8.47. The summed E-state index contributed by atoms with van der Waals surface area (Å²) in [7, 11) is 0. The summed E-state index contributed by atoms with van der Waals surface area (Å²) in [5.74, 6) is 0.652. The van der Waals surface area contributed by atoms with Crippen LogP contribution in [0.15, 0.2) is 42.5 Å². The SMILES string of the molecule is O=CC1CCN(Cc2ccc(N3CC(c4c(Cl)cccc4Cl)C3)cc2)CC1. The van der Waals surface area contributed by atoms with Gasteiger partial charge in [-0.2, -0.15) is 0 Å². The molecule has 0 bridgehead atoms. The third-order valence-electron chi connectivity index (χ3n) is 5.82. The Morgan fingerprint density at radius 2 is 1.59 bits per heavy atom. The Balaban J connectivity index is 1.32. The van der Waals surface area contributed by atoms with E-state index in [1.165, 1.54) is 11.3 Å². The first-order chi connectivity index (χ1) is 13.1. The first-order valence-electron chi connectivity index (χ1n) is 9.59. The van der Waals surface area contributed by atoms with Crippen molar-refractivity contribution >= 4 is 35.2 Å². The van der Waals surface area contributed by atoms with Gasteiger partial charge in [-0.05, 0) is 61.3 Å². The highest BCUT2D eigenvalue weighted by Gasteiger charge is 2.31. The van der Waals surface area contributed by atoms with Crippen LogP contribution >= 0.6 is 23.2 Å². The predicted octanol–water partition coefficient (Wildman–Crippen LogP) is 5.01. The molecular weight excluding hydrogens is 379 g/mol. The lowest BCUT2D eigenvalue weighted by Gasteiger charge is -2.42. The van der Waals surface area contributed by atoms with E-state index in [1.54, 1.807) is 0 Å². The predicted molar refractivity (Wildman–Crippen MR) is 112 cm³/mol. The van der Waals surface area contributed by atoms with Crippen molar-refractivity contribution < 1.29 is 4.79 Å². The fourth-order valence-corrected chi connectivity index (χ4v) is 4.80. The van der Waals surface area contributed by atoms with Gasteiger partial charge in [-0.1, -0.05) is 41.4 Å². The van der Waals surface area contributed by atoms with E-state index in [9.17, 15) is 4.79 Å². The van der Waals surface area contributed by atoms with Crippen LogP contribution in [0.5, 0.6) is 0 Å². The van der Waals surface area contributed by atoms with Crippen molar-refractivity contribution in [3.05, 3.63) is 63.6 Å². The van der Waals surface area contributed by atoms with E-state index in [4.69, 9.17) is 23.2 Å². The molecule has 2 aliphatic heterocycles. The van der Waals surface area contributed by atoms with E-state index in [-0.39, 0.29) is 5.92 Å². The fraction of sp³-hybridized carbons (Fsp3) is 0.409. The summed E-state index contributed by atoms with van der Waals surface area (Å²) >= 11 is 12.7. The lowest BCUT2D eigenvalue weighted by atomic mass is 9.90. The van der Waals surface area contributed by atoms with E-state index in [0.717, 1.165) is 67.5 Å². The summed E-state index contributed by atoms with van der Waals surface area (Å²) in [5, 5.41) is 1.53. The van der Waals surface area contributed by atoms with Crippen molar-refractivity contribution in [2.24, 2.45) is 5.92 Å². The first-order valence-corrected chi connectivity index (χ1v) is 10.3. The van der Waals surface area contributed by atoms with Crippen LogP contribution in [0.4, 0.5) is 5.69 Å². The number of piperidine rings is 1. The summed E-state index contributed by atoms with van der Waals surface area (Å²) in [4.78, 5) is 15.7. The van der Waals surface area contributed by atoms with Crippen molar-refractivity contribution in [2.75, 3.05) is 31.1 Å². The van der Waals surface area contributed by atoms with Gasteiger partial charge in [-0.25, -0.2) is 0 Å². The molecule has 0 aliphatic carbocycles. The van der Waals surface area contributed by atoms with Gasteiger partial charge in [0.15, 0.2) is 0 Å². The molecule has 2 aliphatic rings. The van der Waals surface area contributed by atoms with Gasteiger partial charge in [0.1, 0.15) is 6.29 Å². The largest absolute Gasteiger partial charge is 0.370 e. The monoisotopic (exact) mass is 402 g/mol. The molecule has 0 N–H and O–H groups in total. The summed E-state index contributed by atoms with van der Waals surface area (Å²) in [5.41, 5.74) is 3.65. The molecule has 27 heavy (non-hydrogen) atoms. The number of rotatable bonds is 5. The fourth-order valence-electron chi connectivity index (χ4n) is 4.09. The Morgan fingerprint density at radius 1 is 0.963 bits per heavy atom. The average Bonchev–Trinajstić information content (AvgIpc) is 2.65. The molecule has 142 valence electrons. The molecule has 0 aromatic heterocycles. The molecule has 3 nitrogen and oxygen atoms in total. The quantitative estimate of drug-likeness (QED) is 0.656. The van der Waals surface area contributed by atoms with Gasteiger partial charge in [-0.3, -0.25) is 4.90 Å². The van der Waals surface area contributed by atoms with Crippen molar-refractivity contribution in [1.82, 2.24) is 4.90 Å². The molecule has 2 fully saturated rings. The van der Waals surface area contributed by atoms with Crippen LogP contribution in [0, 0.1) is 5.92 Å². The van der Waals surface area contributed by atoms with Crippen LogP contribution in [-0.2, 0) is 11.3 Å². The van der Waals surface area contributed by atoms with Gasteiger partial charge in [0.2, 0.25) is 0 Å². The molecular formula is C22H24Cl2N2O. The molecule has 0 saturated carbocycles. The minimum atomic E-state index is 0.259. The van der Waals surface area contributed by atoms with E-state index in [1.807, 2.05) is 18.2 Å². The third-order valence-corrected chi connectivity index (χ3v) is 6.48. The Labute approximate surface area is 170 Å². The molecule has 4 rings (SSSR count). The maximum absolute atomic E-state index is 10.9. The highest BCUT2D eigenvalue weighted by atomic mass is 35.5. The van der Waals surface area contributed by atoms with Crippen LogP contribution in [0.3, 0.4) is 0 Å². The Kier molecular flexibility index (Phi) is 5.72. The van der Waals surface area contributed by atoms with E-state index < -0.39 is 0 Å². The highest BCUT2D eigenvalue weighted by molar-refractivity contribution is 6.36. The van der Waals surface area contributed by atoms with Gasteiger partial charge in [-0.15, -0.1) is 0 Å². The van der Waals surface area contributed by atoms with Crippen LogP contribution in [0.1, 0.15) is 29.9 Å². The number of halogens is 2. The standard InChI is InChI=1S/C22H24Cl2N2O/c23-20-2-1-3-21(24)22(20)18-13-26(14-18)19-6-4-16(5-7-19)12-25-10-8-17(15-27)9-11-25/h1-7,15,17-18H,8-14H2. The first kappa shape index (κ1) is 18.8. The molecule has 2 saturated heterocycles. The molecule has 0 unspecified atom stereocenters. The summed E-state index contributed by atoms with van der Waals surface area (Å²) in [6.45, 7) is 4.88. The average molecular weight is 403 g/mol. The number of aldehydes is 1. The molecule has 2 aromatic carbocycles. The molecule has 0 amide bonds. The molecule has 2 aromatic rings. The highest BCUT2D eigenvalue weighted by Crippen LogP contribution is 2.38. The number of carbonyl (C=O) groups excluding carboxylic acids is 1. The van der Waals surface area contributed by atoms with Gasteiger partial charge >= 0.3 is 0 Å². The van der Waals surface area contributed by atoms with Crippen LogP contribution in [-0.4, -0.2) is 37.4 Å². The zero-order chi connectivity index (χ0) is 18.8. The van der Waals surface area contributed by atoms with Crippen LogP contribution in [0.25, 0.3) is 0 Å². The normalized spacial score (nSPS) is 19.1. The summed E-state index contributed by atoms with van der Waals surface area (Å²) in [6.07, 6.45) is 3.09. The molecule has 0 atom stereocenters. The Bertz CT molecular complexity index is 774. The number of likely N-dealkylation sites (tertiary alicyclic amines) is 1. The minimum Gasteiger partial charge on any atom is -0.370 e. The number of hydrogen-bond donors (Lipinski definition) is 0. The zero-order valence-electron chi connectivity index (χ0n) is 15.3. The lowest BCUT2D eigenvalue weighted by Crippen LogP contribution is -2.45. The van der Waals surface area contributed by atoms with Gasteiger partial charge in [0, 0.05) is 47.2 Å². The Morgan fingerprint density at radius 3 is 2.19 bits per heavy atom. The van der Waals surface area contributed by atoms with Gasteiger partial charge < -0.3 is 9.69 Å². The van der Waals surface area contributed by atoms with Crippen molar-refractivity contribution in [3.8, 4) is 0 Å². The third kappa shape index (κ3) is 4.16. The molecule has 0 spiro atoms. The Hall–Kier alpha value is -1.55. The van der Waals surface area contributed by atoms with Crippen molar-refractivity contribution in [1.29, 1.82) is 0 Å². The second-order valence-electron chi connectivity index (χ2n) is 7.65. The van der Waals surface area contributed by atoms with Crippen LogP contribution < -0.4 is 4.90 Å². The molecule has 5 heteroatoms. The maximum atomic E-state index is 10.9. The van der Waals surface area contributed by atoms with Gasteiger partial charge in [0.25, 0.3) is 0 Å². The minimum absolute atomic E-state index is 0.259. The van der Waals surface area contributed by atoms with E-state index >= 15 is 0 Å². The topological polar surface area (TPSA) is 23.6 Å². The van der Waals surface area contributed by atoms with Crippen molar-refractivity contribution in [2.45, 2.75) is 25.3 Å². The smallest absolute Gasteiger partial charge is 0.123 e. The number of benzene rings is 2. The number of hydrogen-bond acceptors (Lipinski definition) is 3. The summed E-state index contributed by atoms with van der Waals surface area (Å²) < 4.78 is 0. The number of nitrogens with zero attached hydrogens (tertiary/aromatic N) is 2. The molecule has 2 heterocycles. The number of anilines is 1. The maximum Gasteiger partial charge on any atom is 0.123 e. The van der Waals surface area contributed by atoms with Gasteiger partial charge in [0.05, 0.1) is 0 Å². The second kappa shape index (κ2) is 8.22. The van der Waals surface area contributed by atoms with Crippen LogP contribution in [0.2, 0.25) is 10.0 Å². The summed E-state index contributed by atoms with van der Waals surface area (Å²) in [6, 6.07) is 14.6. The number of carbonyl (C=O) groups is 1. The van der Waals surface area contributed by atoms with Crippen molar-refractivity contribution in [3.63, 3.8) is 0 Å². The lowest BCUT2D eigenvalue weighted by molar-refractivity contribution is -0.112. The van der Waals surface area contributed by atoms with E-state index in [0.29, 0.717) is 5.92 Å². The molecule has 0 radical (unpaired) electrons. The zero-order valence-corrected chi connectivity index (χ0v) is 16.8.